The zero-order chi connectivity index (χ0) is 12.1. The fraction of sp³-hybridized carbons (Fsp3) is 0.667. The highest BCUT2D eigenvalue weighted by Crippen LogP contribution is 2.20. The van der Waals surface area contributed by atoms with Crippen LogP contribution in [0.5, 0.6) is 0 Å². The highest BCUT2D eigenvalue weighted by atomic mass is 80.0. The van der Waals surface area contributed by atoms with Crippen LogP contribution in [0.3, 0.4) is 0 Å². The third kappa shape index (κ3) is 8.51. The van der Waals surface area contributed by atoms with E-state index in [4.69, 9.17) is 23.2 Å². The molecule has 0 saturated heterocycles. The summed E-state index contributed by atoms with van der Waals surface area (Å²) in [6.07, 6.45) is 0.713. The normalized spacial score (nSPS) is 17.3. The lowest BCUT2D eigenvalue weighted by Gasteiger charge is -2.12. The van der Waals surface area contributed by atoms with Gasteiger partial charge in [-0.1, -0.05) is 5.16 Å². The highest BCUT2D eigenvalue weighted by Gasteiger charge is 2.28. The van der Waals surface area contributed by atoms with Crippen molar-refractivity contribution < 1.29 is 32.2 Å². The van der Waals surface area contributed by atoms with Gasteiger partial charge in [0.25, 0.3) is 0 Å². The number of hydrogen-bond donors (Lipinski definition) is 3. The molecule has 0 radical (unpaired) electrons. The molecule has 7 nitrogen and oxygen atoms in total. The van der Waals surface area contributed by atoms with Crippen LogP contribution in [0.4, 0.5) is 0 Å². The molecule has 0 amide bonds. The molecule has 0 fully saturated rings. The lowest BCUT2D eigenvalue weighted by molar-refractivity contribution is -1.63. The topological polar surface area (TPSA) is 126 Å². The van der Waals surface area contributed by atoms with Crippen molar-refractivity contribution in [2.45, 2.75) is 25.9 Å². The van der Waals surface area contributed by atoms with Crippen LogP contribution in [-0.2, 0) is 4.84 Å². The van der Waals surface area contributed by atoms with Gasteiger partial charge in [-0.15, -0.1) is 0 Å². The van der Waals surface area contributed by atoms with Crippen molar-refractivity contribution in [3.05, 3.63) is 0 Å². The standard InChI is InChI=1S/C6H11N3OS.BrHO3/c1-6(2)3-4(9-10-6)8-5(7)11;2-1(3)4/h3H2,1-2H3,(H3,7,8,9,11);2H. The number of nitrogens with one attached hydrogen (secondary N) is 1. The van der Waals surface area contributed by atoms with Crippen molar-refractivity contribution in [1.82, 2.24) is 5.32 Å². The fourth-order valence-electron chi connectivity index (χ4n) is 0.856. The summed E-state index contributed by atoms with van der Waals surface area (Å²) in [5.74, 6) is 0.697. The van der Waals surface area contributed by atoms with Crippen LogP contribution in [0, 0.1) is 14.8 Å². The summed E-state index contributed by atoms with van der Waals surface area (Å²) in [6, 6.07) is 0. The lowest BCUT2D eigenvalue weighted by atomic mass is 10.1. The first-order valence-corrected chi connectivity index (χ1v) is 6.20. The Morgan fingerprint density at radius 1 is 1.73 bits per heavy atom. The molecule has 0 bridgehead atoms. The Kier molecular flexibility index (Phi) is 5.98. The molecule has 0 aromatic carbocycles. The molecule has 15 heavy (non-hydrogen) atoms. The molecule has 0 saturated carbocycles. The first kappa shape index (κ1) is 14.5. The predicted molar refractivity (Wildman–Crippen MR) is 49.4 cm³/mol. The number of nitrogens with two attached hydrogens (primary N) is 1. The molecule has 1 aliphatic heterocycles. The molecule has 9 heteroatoms. The van der Waals surface area contributed by atoms with E-state index in [1.165, 1.54) is 0 Å². The van der Waals surface area contributed by atoms with Gasteiger partial charge in [0.1, 0.15) is 5.60 Å². The molecule has 88 valence electrons. The first-order valence-electron chi connectivity index (χ1n) is 3.79. The van der Waals surface area contributed by atoms with E-state index in [0.717, 1.165) is 0 Å². The molecular formula is C6H12BrN3O4S. The van der Waals surface area contributed by atoms with E-state index in [1.54, 1.807) is 0 Å². The second kappa shape index (κ2) is 6.18. The molecule has 1 aliphatic rings. The van der Waals surface area contributed by atoms with Crippen LogP contribution in [0.25, 0.3) is 0 Å². The molecule has 0 aromatic rings. The molecule has 0 aliphatic carbocycles. The van der Waals surface area contributed by atoms with E-state index < -0.39 is 14.8 Å². The summed E-state index contributed by atoms with van der Waals surface area (Å²) in [5.41, 5.74) is 5.02. The Morgan fingerprint density at radius 2 is 2.20 bits per heavy atom. The van der Waals surface area contributed by atoms with Gasteiger partial charge in [-0.25, -0.2) is 0 Å². The van der Waals surface area contributed by atoms with Gasteiger partial charge in [0.2, 0.25) is 0 Å². The smallest absolute Gasteiger partial charge is 0.388 e. The Bertz CT molecular complexity index is 256. The highest BCUT2D eigenvalue weighted by molar-refractivity contribution is 7.80. The average Bonchev–Trinajstić information content (AvgIpc) is 2.27. The number of halogens is 1. The van der Waals surface area contributed by atoms with Gasteiger partial charge in [0.15, 0.2) is 10.9 Å². The van der Waals surface area contributed by atoms with Gasteiger partial charge in [-0.2, -0.15) is 0 Å². The van der Waals surface area contributed by atoms with Gasteiger partial charge in [0.05, 0.1) is 6.42 Å². The van der Waals surface area contributed by atoms with Crippen molar-refractivity contribution in [3.8, 4) is 0 Å². The average molecular weight is 302 g/mol. The van der Waals surface area contributed by atoms with Gasteiger partial charge in [-0.3, -0.25) is 0 Å². The van der Waals surface area contributed by atoms with Crippen molar-refractivity contribution in [1.29, 1.82) is 0 Å². The monoisotopic (exact) mass is 301 g/mol. The number of oxime groups is 1. The van der Waals surface area contributed by atoms with E-state index in [-0.39, 0.29) is 10.7 Å². The molecule has 1 heterocycles. The van der Waals surface area contributed by atoms with E-state index in [2.05, 4.69) is 22.7 Å². The summed E-state index contributed by atoms with van der Waals surface area (Å²) in [4.78, 5) is 5.06. The van der Waals surface area contributed by atoms with E-state index in [1.807, 2.05) is 13.8 Å². The molecule has 0 aromatic heterocycles. The minimum atomic E-state index is -3.40. The number of nitrogens with zero attached hydrogens (tertiary/aromatic N) is 1. The van der Waals surface area contributed by atoms with Crippen LogP contribution >= 0.6 is 12.2 Å². The van der Waals surface area contributed by atoms with Gasteiger partial charge >= 0.3 is 14.8 Å². The number of hydrogen-bond acceptors (Lipinski definition) is 6. The lowest BCUT2D eigenvalue weighted by Crippen LogP contribution is -2.35. The third-order valence-electron chi connectivity index (χ3n) is 1.26. The minimum Gasteiger partial charge on any atom is -0.388 e. The largest absolute Gasteiger partial charge is 0.433 e. The Hall–Kier alpha value is -0.480. The zero-order valence-corrected chi connectivity index (χ0v) is 10.6. The number of amidine groups is 1. The summed E-state index contributed by atoms with van der Waals surface area (Å²) >= 11 is 1.24. The second-order valence-corrected chi connectivity index (χ2v) is 4.54. The van der Waals surface area contributed by atoms with Crippen LogP contribution in [-0.4, -0.2) is 20.7 Å². The molecule has 1 rings (SSSR count). The van der Waals surface area contributed by atoms with Crippen molar-refractivity contribution in [2.24, 2.45) is 10.9 Å². The maximum Gasteiger partial charge on any atom is 0.433 e. The van der Waals surface area contributed by atoms with Crippen LogP contribution < -0.4 is 19.4 Å². The van der Waals surface area contributed by atoms with E-state index in [0.29, 0.717) is 12.3 Å². The van der Waals surface area contributed by atoms with Gasteiger partial charge < -0.3 is 24.3 Å². The predicted octanol–water partition coefficient (Wildman–Crippen LogP) is -2.60. The van der Waals surface area contributed by atoms with Crippen LogP contribution in [0.15, 0.2) is 5.16 Å². The molecule has 4 N–H and O–H groups in total. The third-order valence-corrected chi connectivity index (χ3v) is 1.37. The summed E-state index contributed by atoms with van der Waals surface area (Å²) < 4.78 is 24.3. The van der Waals surface area contributed by atoms with Crippen molar-refractivity contribution >= 4 is 23.2 Å². The van der Waals surface area contributed by atoms with E-state index in [9.17, 15) is 0 Å². The number of thiocarbonyl (C=S) groups is 1. The summed E-state index contributed by atoms with van der Waals surface area (Å²) in [6.45, 7) is 3.90. The summed E-state index contributed by atoms with van der Waals surface area (Å²) in [7, 11) is 0. The van der Waals surface area contributed by atoms with E-state index >= 15 is 0 Å². The molecular weight excluding hydrogens is 290 g/mol. The first-order chi connectivity index (χ1) is 6.73. The quantitative estimate of drug-likeness (QED) is 0.419. The van der Waals surface area contributed by atoms with Crippen molar-refractivity contribution in [2.75, 3.05) is 0 Å². The van der Waals surface area contributed by atoms with Crippen LogP contribution in [0.2, 0.25) is 0 Å². The SMILES string of the molecule is CC1(C)CC(NC(N)=S)=NO1.[O-][Br+2]([O-])O. The maximum absolute atomic E-state index is 8.63. The van der Waals surface area contributed by atoms with Gasteiger partial charge in [0, 0.05) is 0 Å². The van der Waals surface area contributed by atoms with Crippen LogP contribution in [0.1, 0.15) is 20.3 Å². The Labute approximate surface area is 97.7 Å². The molecule has 0 atom stereocenters. The number of rotatable bonds is 0. The molecule has 0 spiro atoms. The Balaban J connectivity index is 0.000000423. The minimum absolute atomic E-state index is 0.227. The molecule has 0 unspecified atom stereocenters. The zero-order valence-electron chi connectivity index (χ0n) is 8.19. The maximum atomic E-state index is 8.63. The van der Waals surface area contributed by atoms with Gasteiger partial charge in [-0.05, 0) is 30.3 Å². The second-order valence-electron chi connectivity index (χ2n) is 3.26. The summed E-state index contributed by atoms with van der Waals surface area (Å²) in [5, 5.41) is 6.73. The Morgan fingerprint density at radius 3 is 2.47 bits per heavy atom. The van der Waals surface area contributed by atoms with Crippen molar-refractivity contribution in [3.63, 3.8) is 0 Å². The fourth-order valence-corrected chi connectivity index (χ4v) is 0.973.